The number of piperazine rings is 1. The van der Waals surface area contributed by atoms with E-state index in [2.05, 4.69) is 40.1 Å². The van der Waals surface area contributed by atoms with Crippen LogP contribution in [0.2, 0.25) is 0 Å². The van der Waals surface area contributed by atoms with E-state index in [0.717, 1.165) is 35.5 Å². The summed E-state index contributed by atoms with van der Waals surface area (Å²) < 4.78 is 5.56. The number of para-hydroxylation sites is 1. The summed E-state index contributed by atoms with van der Waals surface area (Å²) in [7, 11) is 3.71. The van der Waals surface area contributed by atoms with Crippen molar-refractivity contribution in [1.82, 2.24) is 9.80 Å². The van der Waals surface area contributed by atoms with Crippen LogP contribution in [0.25, 0.3) is 0 Å². The van der Waals surface area contributed by atoms with Crippen LogP contribution in [0.4, 0.5) is 0 Å². The van der Waals surface area contributed by atoms with Crippen LogP contribution in [-0.2, 0) is 11.3 Å². The Bertz CT molecular complexity index is 1000. The first-order valence-electron chi connectivity index (χ1n) is 11.0. The van der Waals surface area contributed by atoms with Gasteiger partial charge in [-0.25, -0.2) is 0 Å². The zero-order valence-electron chi connectivity index (χ0n) is 18.8. The molecule has 166 valence electrons. The van der Waals surface area contributed by atoms with Gasteiger partial charge in [0, 0.05) is 37.7 Å². The molecule has 1 atom stereocenters. The number of likely N-dealkylation sites (N-methyl/N-ethyl adjacent to an activating group) is 1. The molecule has 1 fully saturated rings. The Morgan fingerprint density at radius 2 is 1.50 bits per heavy atom. The summed E-state index contributed by atoms with van der Waals surface area (Å²) in [6, 6.07) is 28.5. The van der Waals surface area contributed by atoms with E-state index in [0.29, 0.717) is 13.1 Å². The molecule has 0 bridgehead atoms. The number of amides is 1. The van der Waals surface area contributed by atoms with Crippen molar-refractivity contribution in [3.05, 3.63) is 102 Å². The number of carbonyl (C=O) groups excluding carboxylic acids is 1. The van der Waals surface area contributed by atoms with E-state index in [4.69, 9.17) is 10.5 Å². The second kappa shape index (κ2) is 9.55. The molecular weight excluding hydrogens is 398 g/mol. The topological polar surface area (TPSA) is 58.8 Å². The Hall–Kier alpha value is -3.15. The molecule has 4 rings (SSSR count). The fourth-order valence-electron chi connectivity index (χ4n) is 5.00. The minimum absolute atomic E-state index is 0.187. The number of nitrogens with zero attached hydrogens (tertiary/aromatic N) is 2. The number of carbonyl (C=O) groups is 1. The quantitative estimate of drug-likeness (QED) is 0.625. The Balaban J connectivity index is 1.78. The van der Waals surface area contributed by atoms with Gasteiger partial charge in [0.2, 0.25) is 5.91 Å². The predicted molar refractivity (Wildman–Crippen MR) is 128 cm³/mol. The molecule has 32 heavy (non-hydrogen) atoms. The smallest absolute Gasteiger partial charge is 0.240 e. The minimum Gasteiger partial charge on any atom is -0.496 e. The number of primary amides is 1. The standard InChI is InChI=1S/C27H31N3O2/c1-29-17-18-30(19-23-15-9-10-16-24(23)32-2)20-27(29,26(28)31)25(21-11-5-3-6-12-21)22-13-7-4-8-14-22/h3-16,25H,17-20H2,1-2H3,(H2,28,31). The van der Waals surface area contributed by atoms with Crippen LogP contribution < -0.4 is 10.5 Å². The van der Waals surface area contributed by atoms with Crippen molar-refractivity contribution in [3.8, 4) is 5.75 Å². The third-order valence-corrected chi connectivity index (χ3v) is 6.65. The Kier molecular flexibility index (Phi) is 6.58. The highest BCUT2D eigenvalue weighted by Crippen LogP contribution is 2.41. The zero-order chi connectivity index (χ0) is 22.6. The lowest BCUT2D eigenvalue weighted by molar-refractivity contribution is -0.135. The summed E-state index contributed by atoms with van der Waals surface area (Å²) in [4.78, 5) is 17.8. The molecule has 1 unspecified atom stereocenters. The number of hydrogen-bond donors (Lipinski definition) is 1. The molecule has 1 heterocycles. The predicted octanol–water partition coefficient (Wildman–Crippen LogP) is 3.50. The highest BCUT2D eigenvalue weighted by atomic mass is 16.5. The second-order valence-corrected chi connectivity index (χ2v) is 8.49. The van der Waals surface area contributed by atoms with E-state index in [9.17, 15) is 4.79 Å². The van der Waals surface area contributed by atoms with Crippen molar-refractivity contribution in [2.75, 3.05) is 33.8 Å². The molecule has 1 aliphatic heterocycles. The van der Waals surface area contributed by atoms with Gasteiger partial charge in [-0.1, -0.05) is 78.9 Å². The zero-order valence-corrected chi connectivity index (χ0v) is 18.8. The highest BCUT2D eigenvalue weighted by molar-refractivity contribution is 5.87. The molecule has 0 radical (unpaired) electrons. The van der Waals surface area contributed by atoms with Crippen LogP contribution >= 0.6 is 0 Å². The van der Waals surface area contributed by atoms with Crippen LogP contribution in [0.15, 0.2) is 84.9 Å². The lowest BCUT2D eigenvalue weighted by atomic mass is 9.72. The first-order chi connectivity index (χ1) is 15.6. The summed E-state index contributed by atoms with van der Waals surface area (Å²) in [6.45, 7) is 2.82. The van der Waals surface area contributed by atoms with Crippen LogP contribution in [0.1, 0.15) is 22.6 Å². The van der Waals surface area contributed by atoms with Crippen LogP contribution in [0.3, 0.4) is 0 Å². The van der Waals surface area contributed by atoms with E-state index in [1.54, 1.807) is 7.11 Å². The Morgan fingerprint density at radius 3 is 2.06 bits per heavy atom. The number of nitrogens with two attached hydrogens (primary N) is 1. The number of methoxy groups -OCH3 is 1. The minimum atomic E-state index is -0.886. The monoisotopic (exact) mass is 429 g/mol. The summed E-state index contributed by atoms with van der Waals surface area (Å²) in [5.41, 5.74) is 8.64. The molecule has 2 N–H and O–H groups in total. The Morgan fingerprint density at radius 1 is 0.938 bits per heavy atom. The summed E-state index contributed by atoms with van der Waals surface area (Å²) >= 11 is 0. The van der Waals surface area contributed by atoms with E-state index in [-0.39, 0.29) is 11.8 Å². The molecule has 3 aromatic rings. The number of hydrogen-bond acceptors (Lipinski definition) is 4. The highest BCUT2D eigenvalue weighted by Gasteiger charge is 2.52. The molecule has 3 aromatic carbocycles. The lowest BCUT2D eigenvalue weighted by Crippen LogP contribution is -2.69. The molecule has 0 saturated carbocycles. The van der Waals surface area contributed by atoms with E-state index in [1.807, 2.05) is 61.6 Å². The van der Waals surface area contributed by atoms with Gasteiger partial charge in [0.15, 0.2) is 0 Å². The molecule has 1 aliphatic rings. The van der Waals surface area contributed by atoms with Crippen LogP contribution in [-0.4, -0.2) is 55.0 Å². The third-order valence-electron chi connectivity index (χ3n) is 6.65. The number of rotatable bonds is 7. The average molecular weight is 430 g/mol. The first kappa shape index (κ1) is 22.1. The van der Waals surface area contributed by atoms with Gasteiger partial charge in [0.1, 0.15) is 11.3 Å². The summed E-state index contributed by atoms with van der Waals surface area (Å²) in [6.07, 6.45) is 0. The van der Waals surface area contributed by atoms with Gasteiger partial charge < -0.3 is 10.5 Å². The third kappa shape index (κ3) is 4.14. The second-order valence-electron chi connectivity index (χ2n) is 8.49. The maximum absolute atomic E-state index is 13.3. The van der Waals surface area contributed by atoms with Crippen LogP contribution in [0.5, 0.6) is 5.75 Å². The van der Waals surface area contributed by atoms with Gasteiger partial charge in [-0.05, 0) is 24.2 Å². The first-order valence-corrected chi connectivity index (χ1v) is 11.0. The molecule has 5 heteroatoms. The lowest BCUT2D eigenvalue weighted by Gasteiger charge is -2.51. The van der Waals surface area contributed by atoms with Crippen molar-refractivity contribution in [2.45, 2.75) is 18.0 Å². The number of ether oxygens (including phenoxy) is 1. The normalized spacial score (nSPS) is 19.7. The van der Waals surface area contributed by atoms with Crippen molar-refractivity contribution >= 4 is 5.91 Å². The molecule has 0 aromatic heterocycles. The summed E-state index contributed by atoms with van der Waals surface area (Å²) in [5.74, 6) is 0.370. The van der Waals surface area contributed by atoms with Crippen molar-refractivity contribution in [3.63, 3.8) is 0 Å². The van der Waals surface area contributed by atoms with Crippen LogP contribution in [0, 0.1) is 0 Å². The van der Waals surface area contributed by atoms with Gasteiger partial charge in [0.05, 0.1) is 7.11 Å². The molecule has 1 saturated heterocycles. The number of benzene rings is 3. The average Bonchev–Trinajstić information content (AvgIpc) is 2.83. The summed E-state index contributed by atoms with van der Waals surface area (Å²) in [5, 5.41) is 0. The van der Waals surface area contributed by atoms with E-state index in [1.165, 1.54) is 0 Å². The molecular formula is C27H31N3O2. The van der Waals surface area contributed by atoms with Crippen molar-refractivity contribution in [2.24, 2.45) is 5.73 Å². The Labute approximate surface area is 190 Å². The van der Waals surface area contributed by atoms with E-state index < -0.39 is 5.54 Å². The fourth-order valence-corrected chi connectivity index (χ4v) is 5.00. The SMILES string of the molecule is COc1ccccc1CN1CCN(C)C(C(N)=O)(C(c2ccccc2)c2ccccc2)C1. The van der Waals surface area contributed by atoms with Crippen molar-refractivity contribution < 1.29 is 9.53 Å². The van der Waals surface area contributed by atoms with Crippen molar-refractivity contribution in [1.29, 1.82) is 0 Å². The van der Waals surface area contributed by atoms with Gasteiger partial charge in [-0.3, -0.25) is 14.6 Å². The van der Waals surface area contributed by atoms with Gasteiger partial charge in [-0.15, -0.1) is 0 Å². The molecule has 0 spiro atoms. The van der Waals surface area contributed by atoms with Gasteiger partial charge >= 0.3 is 0 Å². The van der Waals surface area contributed by atoms with Gasteiger partial charge in [-0.2, -0.15) is 0 Å². The fraction of sp³-hybridized carbons (Fsp3) is 0.296. The molecule has 0 aliphatic carbocycles. The maximum Gasteiger partial charge on any atom is 0.240 e. The van der Waals surface area contributed by atoms with Gasteiger partial charge in [0.25, 0.3) is 0 Å². The largest absolute Gasteiger partial charge is 0.496 e. The maximum atomic E-state index is 13.3. The van der Waals surface area contributed by atoms with E-state index >= 15 is 0 Å². The molecule has 1 amide bonds. The molecule has 5 nitrogen and oxygen atoms in total.